The first-order valence-electron chi connectivity index (χ1n) is 22.2. The number of allylic oxidation sites excluding steroid dienone is 1. The number of fused-ring (bicyclic) bond motifs is 2. The Labute approximate surface area is 396 Å². The summed E-state index contributed by atoms with van der Waals surface area (Å²) in [6.45, 7) is 6.18. The first-order chi connectivity index (χ1) is 32.6. The van der Waals surface area contributed by atoms with Crippen molar-refractivity contribution in [2.24, 2.45) is 5.41 Å². The van der Waals surface area contributed by atoms with Crippen LogP contribution in [0, 0.1) is 15.5 Å². The average molecular weight is 967 g/mol. The molecule has 6 aromatic rings. The van der Waals surface area contributed by atoms with Crippen LogP contribution in [0.4, 0.5) is 37.2 Å². The molecule has 15 nitrogen and oxygen atoms in total. The number of H-pyrrole nitrogens is 1. The van der Waals surface area contributed by atoms with E-state index in [-0.39, 0.29) is 35.6 Å². The van der Waals surface area contributed by atoms with E-state index in [1.165, 1.54) is 47.0 Å². The maximum absolute atomic E-state index is 14.3. The Morgan fingerprint density at radius 1 is 0.971 bits per heavy atom. The number of sulfonamides is 1. The number of amides is 1. The fourth-order valence-corrected chi connectivity index (χ4v) is 10.2. The van der Waals surface area contributed by atoms with E-state index < -0.39 is 38.0 Å². The Kier molecular flexibility index (Phi) is 13.0. The van der Waals surface area contributed by atoms with E-state index >= 15 is 0 Å². The Morgan fingerprint density at radius 2 is 1.74 bits per heavy atom. The number of nitro groups is 1. The van der Waals surface area contributed by atoms with E-state index in [1.54, 1.807) is 12.3 Å². The summed E-state index contributed by atoms with van der Waals surface area (Å²) in [6.07, 6.45) is 4.91. The summed E-state index contributed by atoms with van der Waals surface area (Å²) in [5.74, 6) is -0.642. The van der Waals surface area contributed by atoms with Gasteiger partial charge in [-0.3, -0.25) is 19.8 Å². The van der Waals surface area contributed by atoms with Gasteiger partial charge < -0.3 is 29.6 Å². The van der Waals surface area contributed by atoms with Crippen molar-refractivity contribution in [2.45, 2.75) is 51.2 Å². The van der Waals surface area contributed by atoms with Crippen molar-refractivity contribution in [3.8, 4) is 11.6 Å². The number of hydrogen-bond acceptors (Lipinski definition) is 12. The summed E-state index contributed by atoms with van der Waals surface area (Å²) in [4.78, 5) is 39.7. The second-order valence-electron chi connectivity index (χ2n) is 17.9. The van der Waals surface area contributed by atoms with Crippen LogP contribution in [0.25, 0.3) is 16.6 Å². The monoisotopic (exact) mass is 966 g/mol. The van der Waals surface area contributed by atoms with Crippen LogP contribution in [0.1, 0.15) is 54.6 Å². The van der Waals surface area contributed by atoms with Crippen molar-refractivity contribution in [2.75, 3.05) is 61.0 Å². The van der Waals surface area contributed by atoms with E-state index in [9.17, 15) is 32.1 Å². The zero-order chi connectivity index (χ0) is 47.7. The summed E-state index contributed by atoms with van der Waals surface area (Å²) in [7, 11) is -4.66. The molecule has 0 unspecified atom stereocenters. The zero-order valence-corrected chi connectivity index (χ0v) is 38.9. The number of rotatable bonds is 14. The number of nitro benzene ring substituents is 1. The number of piperazine rings is 1. The lowest BCUT2D eigenvalue weighted by molar-refractivity contribution is -0.384. The number of nitrogens with one attached hydrogen (secondary N) is 3. The maximum atomic E-state index is 14.3. The summed E-state index contributed by atoms with van der Waals surface area (Å²) in [5.41, 5.74) is 6.86. The van der Waals surface area contributed by atoms with Crippen LogP contribution >= 0.6 is 11.6 Å². The number of anilines is 4. The second-order valence-corrected chi connectivity index (χ2v) is 20.0. The van der Waals surface area contributed by atoms with E-state index in [0.717, 1.165) is 62.1 Å². The summed E-state index contributed by atoms with van der Waals surface area (Å²) >= 11 is 6.26. The van der Waals surface area contributed by atoms with Crippen molar-refractivity contribution in [3.63, 3.8) is 0 Å². The maximum Gasteiger partial charge on any atom is 0.387 e. The molecular formula is C49H49ClF2N8O7S. The average Bonchev–Trinajstić information content (AvgIpc) is 3.78. The molecule has 4 aromatic carbocycles. The lowest BCUT2D eigenvalue weighted by Crippen LogP contribution is -2.47. The van der Waals surface area contributed by atoms with Crippen LogP contribution in [0.3, 0.4) is 0 Å². The minimum absolute atomic E-state index is 0.000758. The van der Waals surface area contributed by atoms with E-state index in [1.807, 2.05) is 41.3 Å². The predicted octanol–water partition coefficient (Wildman–Crippen LogP) is 9.77. The molecule has 19 heteroatoms. The molecule has 3 aliphatic rings. The molecule has 3 N–H and O–H groups in total. The van der Waals surface area contributed by atoms with Crippen LogP contribution in [-0.2, 0) is 16.6 Å². The first-order valence-corrected chi connectivity index (χ1v) is 24.1. The molecule has 0 bridgehead atoms. The summed E-state index contributed by atoms with van der Waals surface area (Å²) < 4.78 is 65.5. The molecule has 2 aliphatic heterocycles. The van der Waals surface area contributed by atoms with Gasteiger partial charge in [0.05, 0.1) is 27.6 Å². The van der Waals surface area contributed by atoms with Gasteiger partial charge in [-0.05, 0) is 108 Å². The molecule has 68 heavy (non-hydrogen) atoms. The van der Waals surface area contributed by atoms with E-state index in [0.29, 0.717) is 53.1 Å². The molecule has 0 spiro atoms. The summed E-state index contributed by atoms with van der Waals surface area (Å²) in [6, 6.07) is 26.2. The number of pyridine rings is 1. The second kappa shape index (κ2) is 19.1. The number of nitrogens with zero attached hydrogens (tertiary/aromatic N) is 5. The molecule has 354 valence electrons. The number of aromatic amines is 1. The number of benzene rings is 4. The van der Waals surface area contributed by atoms with E-state index in [2.05, 4.69) is 60.5 Å². The quantitative estimate of drug-likeness (QED) is 0.0697. The number of carbonyl (C=O) groups is 1. The van der Waals surface area contributed by atoms with Gasteiger partial charge in [0.1, 0.15) is 29.4 Å². The van der Waals surface area contributed by atoms with Crippen LogP contribution < -0.4 is 29.3 Å². The van der Waals surface area contributed by atoms with Gasteiger partial charge in [0.2, 0.25) is 5.88 Å². The zero-order valence-electron chi connectivity index (χ0n) is 37.3. The van der Waals surface area contributed by atoms with Crippen LogP contribution in [0.2, 0.25) is 5.02 Å². The SMILES string of the molecule is CC1(C)CCC(CN2CCN(c3ccc(C(=O)NS(=O)(=O)c4ccc(NCc5ccc(OC(F)F)cc5)c([N+](=O)[O-])c4)c(N4CCOc5nc6[nH]ccc6cc54)c3)CC2)=C(c2ccc(Cl)cc2)C1. The molecule has 0 saturated carbocycles. The third-order valence-corrected chi connectivity index (χ3v) is 14.3. The lowest BCUT2D eigenvalue weighted by Gasteiger charge is -2.39. The number of ether oxygens (including phenoxy) is 2. The molecule has 1 fully saturated rings. The molecular weight excluding hydrogens is 918 g/mol. The Bertz CT molecular complexity index is 3010. The lowest BCUT2D eigenvalue weighted by atomic mass is 9.72. The standard InChI is InChI=1S/C49H49ClF2N8O7S/c1-49(2)17-15-34(40(28-49)32-5-7-35(50)8-6-32)30-57-19-21-58(22-20-57)36-9-13-39(42(26-36)59-23-24-66-47-44(59)25-33-16-18-53-45(33)55-47)46(61)56-68(64,65)38-12-14-41(43(27-38)60(62)63)54-29-31-3-10-37(11-4-31)67-48(51)52/h3-14,16,18,25-27,48,54H,15,17,19-24,28-30H2,1-2H3,(H,53,55)(H,56,61). The molecule has 1 amide bonds. The fourth-order valence-electron chi connectivity index (χ4n) is 9.09. The van der Waals surface area contributed by atoms with Crippen LogP contribution in [0.15, 0.2) is 114 Å². The van der Waals surface area contributed by atoms with E-state index in [4.69, 9.17) is 16.3 Å². The van der Waals surface area contributed by atoms with Gasteiger partial charge in [-0.1, -0.05) is 55.3 Å². The number of aromatic nitrogens is 2. The normalized spacial score (nSPS) is 16.4. The van der Waals surface area contributed by atoms with Gasteiger partial charge in [0.25, 0.3) is 21.6 Å². The molecule has 4 heterocycles. The molecule has 9 rings (SSSR count). The topological polar surface area (TPSA) is 175 Å². The Morgan fingerprint density at radius 3 is 2.47 bits per heavy atom. The highest BCUT2D eigenvalue weighted by Gasteiger charge is 2.32. The van der Waals surface area contributed by atoms with Gasteiger partial charge in [-0.15, -0.1) is 0 Å². The summed E-state index contributed by atoms with van der Waals surface area (Å²) in [5, 5.41) is 16.6. The van der Waals surface area contributed by atoms with Crippen molar-refractivity contribution in [3.05, 3.63) is 141 Å². The van der Waals surface area contributed by atoms with Crippen molar-refractivity contribution in [1.82, 2.24) is 19.6 Å². The van der Waals surface area contributed by atoms with Gasteiger partial charge in [0, 0.05) is 67.6 Å². The number of halogens is 3. The largest absolute Gasteiger partial charge is 0.474 e. The smallest absolute Gasteiger partial charge is 0.387 e. The third-order valence-electron chi connectivity index (χ3n) is 12.7. The number of hydrogen-bond donors (Lipinski definition) is 3. The van der Waals surface area contributed by atoms with Gasteiger partial charge in [-0.25, -0.2) is 13.1 Å². The van der Waals surface area contributed by atoms with Gasteiger partial charge in [-0.2, -0.15) is 13.8 Å². The molecule has 0 atom stereocenters. The first kappa shape index (κ1) is 46.4. The fraction of sp³-hybridized carbons (Fsp3) is 0.306. The highest BCUT2D eigenvalue weighted by Crippen LogP contribution is 2.44. The van der Waals surface area contributed by atoms with Gasteiger partial charge in [0.15, 0.2) is 0 Å². The van der Waals surface area contributed by atoms with Crippen molar-refractivity contribution >= 4 is 72.6 Å². The Hall–Kier alpha value is -6.76. The highest BCUT2D eigenvalue weighted by atomic mass is 35.5. The van der Waals surface area contributed by atoms with Crippen molar-refractivity contribution < 1.29 is 36.4 Å². The Balaban J connectivity index is 0.962. The molecule has 0 radical (unpaired) electrons. The number of carbonyl (C=O) groups excluding carboxylic acids is 1. The molecule has 1 aliphatic carbocycles. The minimum atomic E-state index is -4.66. The van der Waals surface area contributed by atoms with Crippen molar-refractivity contribution in [1.29, 1.82) is 0 Å². The number of alkyl halides is 2. The van der Waals surface area contributed by atoms with Crippen LogP contribution in [0.5, 0.6) is 11.6 Å². The third kappa shape index (κ3) is 10.2. The van der Waals surface area contributed by atoms with Crippen LogP contribution in [-0.4, -0.2) is 86.6 Å². The highest BCUT2D eigenvalue weighted by molar-refractivity contribution is 7.90. The predicted molar refractivity (Wildman–Crippen MR) is 258 cm³/mol. The molecule has 1 saturated heterocycles. The van der Waals surface area contributed by atoms with Gasteiger partial charge >= 0.3 is 6.61 Å². The molecule has 2 aromatic heterocycles. The minimum Gasteiger partial charge on any atom is -0.474 e.